The molecule has 0 aliphatic carbocycles. The van der Waals surface area contributed by atoms with Gasteiger partial charge in [-0.2, -0.15) is 13.2 Å². The van der Waals surface area contributed by atoms with Crippen molar-refractivity contribution in [1.29, 1.82) is 0 Å². The van der Waals surface area contributed by atoms with Gasteiger partial charge in [-0.25, -0.2) is 4.21 Å². The van der Waals surface area contributed by atoms with E-state index in [1.165, 1.54) is 30.3 Å². The molecule has 0 aliphatic rings. The lowest BCUT2D eigenvalue weighted by molar-refractivity contribution is -0.384. The molecule has 1 unspecified atom stereocenters. The van der Waals surface area contributed by atoms with Gasteiger partial charge in [-0.3, -0.25) is 14.9 Å². The summed E-state index contributed by atoms with van der Waals surface area (Å²) in [4.78, 5) is 22.7. The van der Waals surface area contributed by atoms with Crippen LogP contribution in [0.1, 0.15) is 0 Å². The van der Waals surface area contributed by atoms with E-state index in [2.05, 4.69) is 4.18 Å². The predicted octanol–water partition coefficient (Wildman–Crippen LogP) is 3.93. The molecule has 0 spiro atoms. The zero-order chi connectivity index (χ0) is 19.8. The van der Waals surface area contributed by atoms with Gasteiger partial charge in [0.25, 0.3) is 5.69 Å². The number of nitrogens with zero attached hydrogens (tertiary/aromatic N) is 1. The Morgan fingerprint density at radius 2 is 1.78 bits per heavy atom. The van der Waals surface area contributed by atoms with E-state index in [9.17, 15) is 32.3 Å². The molecule has 140 valence electrons. The molecule has 0 saturated carbocycles. The SMILES string of the molecule is O=c1c(-c2ccc([N+](=O)[O-])cc2)coc2cc(OS(=O)C(F)(F)F)ccc12. The Labute approximate surface area is 150 Å². The van der Waals surface area contributed by atoms with Crippen LogP contribution in [0.3, 0.4) is 0 Å². The normalized spacial score (nSPS) is 12.7. The number of non-ortho nitro benzene ring substituents is 1. The first kappa shape index (κ1) is 18.6. The van der Waals surface area contributed by atoms with E-state index in [1.807, 2.05) is 0 Å². The molecule has 11 heteroatoms. The third-order valence-electron chi connectivity index (χ3n) is 3.50. The van der Waals surface area contributed by atoms with E-state index in [4.69, 9.17) is 4.42 Å². The molecule has 2 aromatic carbocycles. The lowest BCUT2D eigenvalue weighted by Crippen LogP contribution is -2.20. The quantitative estimate of drug-likeness (QED) is 0.487. The summed E-state index contributed by atoms with van der Waals surface area (Å²) in [6, 6.07) is 8.45. The van der Waals surface area contributed by atoms with Crippen molar-refractivity contribution in [2.24, 2.45) is 0 Å². The fourth-order valence-corrected chi connectivity index (χ4v) is 2.63. The molecule has 0 amide bonds. The Hall–Kier alpha value is -3.21. The molecule has 1 heterocycles. The summed E-state index contributed by atoms with van der Waals surface area (Å²) in [7, 11) is 0. The highest BCUT2D eigenvalue weighted by molar-refractivity contribution is 7.81. The molecule has 1 aromatic heterocycles. The van der Waals surface area contributed by atoms with Crippen LogP contribution < -0.4 is 9.61 Å². The van der Waals surface area contributed by atoms with Gasteiger partial charge in [0.1, 0.15) is 17.6 Å². The molecule has 3 rings (SSSR count). The maximum absolute atomic E-state index is 12.6. The lowest BCUT2D eigenvalue weighted by atomic mass is 10.1. The summed E-state index contributed by atoms with van der Waals surface area (Å²) < 4.78 is 57.4. The summed E-state index contributed by atoms with van der Waals surface area (Å²) in [5.41, 5.74) is -5.27. The van der Waals surface area contributed by atoms with Gasteiger partial charge in [0.15, 0.2) is 5.43 Å². The van der Waals surface area contributed by atoms with Gasteiger partial charge in [0, 0.05) is 18.2 Å². The second kappa shape index (κ2) is 6.83. The first-order valence-corrected chi connectivity index (χ1v) is 8.21. The molecule has 0 bridgehead atoms. The van der Waals surface area contributed by atoms with E-state index >= 15 is 0 Å². The zero-order valence-corrected chi connectivity index (χ0v) is 13.9. The van der Waals surface area contributed by atoms with Crippen LogP contribution in [0.25, 0.3) is 22.1 Å². The van der Waals surface area contributed by atoms with Crippen molar-refractivity contribution in [3.63, 3.8) is 0 Å². The number of hydrogen-bond donors (Lipinski definition) is 0. The van der Waals surface area contributed by atoms with Crippen LogP contribution in [0, 0.1) is 10.1 Å². The molecule has 0 fully saturated rings. The van der Waals surface area contributed by atoms with Crippen molar-refractivity contribution < 1.29 is 30.9 Å². The average molecular weight is 399 g/mol. The highest BCUT2D eigenvalue weighted by atomic mass is 32.2. The highest BCUT2D eigenvalue weighted by Gasteiger charge is 2.40. The third kappa shape index (κ3) is 3.82. The zero-order valence-electron chi connectivity index (χ0n) is 13.1. The van der Waals surface area contributed by atoms with Crippen LogP contribution in [0.15, 0.2) is 57.9 Å². The number of rotatable bonds is 4. The molecular weight excluding hydrogens is 391 g/mol. The number of nitro benzene ring substituents is 1. The third-order valence-corrected chi connectivity index (χ3v) is 4.22. The molecule has 0 N–H and O–H groups in total. The van der Waals surface area contributed by atoms with E-state index in [1.54, 1.807) is 0 Å². The van der Waals surface area contributed by atoms with Crippen molar-refractivity contribution in [3.8, 4) is 16.9 Å². The molecule has 0 saturated heterocycles. The number of benzene rings is 2. The summed E-state index contributed by atoms with van der Waals surface area (Å²) in [5, 5.41) is 10.7. The van der Waals surface area contributed by atoms with Crippen LogP contribution in [-0.4, -0.2) is 14.6 Å². The largest absolute Gasteiger partial charge is 0.508 e. The fraction of sp³-hybridized carbons (Fsp3) is 0.0625. The maximum Gasteiger partial charge on any atom is 0.508 e. The molecule has 0 aliphatic heterocycles. The molecular formula is C16H8F3NO6S. The topological polar surface area (TPSA) is 99.7 Å². The van der Waals surface area contributed by atoms with Crippen molar-refractivity contribution in [1.82, 2.24) is 0 Å². The van der Waals surface area contributed by atoms with Crippen LogP contribution in [0.5, 0.6) is 5.75 Å². The Kier molecular flexibility index (Phi) is 4.70. The standard InChI is InChI=1S/C16H8F3NO6S/c17-16(18,19)27(24)26-11-5-6-12-14(7-11)25-8-13(15(12)21)9-1-3-10(4-2-9)20(22)23/h1-8H. The van der Waals surface area contributed by atoms with Gasteiger partial charge in [0.2, 0.25) is 0 Å². The van der Waals surface area contributed by atoms with Crippen molar-refractivity contribution in [3.05, 3.63) is 69.1 Å². The van der Waals surface area contributed by atoms with Gasteiger partial charge in [-0.1, -0.05) is 0 Å². The number of fused-ring (bicyclic) bond motifs is 1. The van der Waals surface area contributed by atoms with Gasteiger partial charge in [0.05, 0.1) is 15.9 Å². The Morgan fingerprint density at radius 3 is 2.37 bits per heavy atom. The monoisotopic (exact) mass is 399 g/mol. The number of halogens is 3. The summed E-state index contributed by atoms with van der Waals surface area (Å²) in [6.07, 6.45) is 1.08. The van der Waals surface area contributed by atoms with E-state index in [-0.39, 0.29) is 28.0 Å². The second-order valence-corrected chi connectivity index (χ2v) is 6.30. The molecule has 0 radical (unpaired) electrons. The summed E-state index contributed by atoms with van der Waals surface area (Å²) in [6.45, 7) is 0. The fourth-order valence-electron chi connectivity index (χ4n) is 2.26. The van der Waals surface area contributed by atoms with Crippen LogP contribution in [0.2, 0.25) is 0 Å². The number of hydrogen-bond acceptors (Lipinski definition) is 6. The minimum absolute atomic E-state index is 0.0518. The first-order valence-electron chi connectivity index (χ1n) is 7.14. The van der Waals surface area contributed by atoms with Crippen LogP contribution >= 0.6 is 0 Å². The van der Waals surface area contributed by atoms with Gasteiger partial charge in [-0.15, -0.1) is 0 Å². The van der Waals surface area contributed by atoms with Crippen molar-refractivity contribution in [2.75, 3.05) is 0 Å². The van der Waals surface area contributed by atoms with Gasteiger partial charge in [-0.05, 0) is 29.8 Å². The van der Waals surface area contributed by atoms with Crippen LogP contribution in [-0.2, 0) is 11.1 Å². The van der Waals surface area contributed by atoms with E-state index in [0.29, 0.717) is 5.56 Å². The number of alkyl halides is 3. The Bertz CT molecular complexity index is 1110. The van der Waals surface area contributed by atoms with Crippen LogP contribution in [0.4, 0.5) is 18.9 Å². The summed E-state index contributed by atoms with van der Waals surface area (Å²) in [5.74, 6) is -0.385. The smallest absolute Gasteiger partial charge is 0.463 e. The van der Waals surface area contributed by atoms with Gasteiger partial charge < -0.3 is 8.60 Å². The average Bonchev–Trinajstić information content (AvgIpc) is 2.61. The molecule has 1 atom stereocenters. The number of nitro groups is 1. The minimum atomic E-state index is -5.05. The van der Waals surface area contributed by atoms with E-state index < -0.39 is 26.9 Å². The molecule has 7 nitrogen and oxygen atoms in total. The van der Waals surface area contributed by atoms with E-state index in [0.717, 1.165) is 18.4 Å². The molecule has 27 heavy (non-hydrogen) atoms. The minimum Gasteiger partial charge on any atom is -0.463 e. The molecule has 3 aromatic rings. The Morgan fingerprint density at radius 1 is 1.11 bits per heavy atom. The first-order chi connectivity index (χ1) is 12.7. The maximum atomic E-state index is 12.6. The summed E-state index contributed by atoms with van der Waals surface area (Å²) >= 11 is -3.55. The predicted molar refractivity (Wildman–Crippen MR) is 89.4 cm³/mol. The highest BCUT2D eigenvalue weighted by Crippen LogP contribution is 2.27. The second-order valence-electron chi connectivity index (χ2n) is 5.20. The Balaban J connectivity index is 1.98. The van der Waals surface area contributed by atoms with Gasteiger partial charge >= 0.3 is 16.6 Å². The van der Waals surface area contributed by atoms with Crippen molar-refractivity contribution >= 4 is 27.7 Å². The van der Waals surface area contributed by atoms with Crippen molar-refractivity contribution in [2.45, 2.75) is 5.51 Å². The lowest BCUT2D eigenvalue weighted by Gasteiger charge is -2.08.